The lowest BCUT2D eigenvalue weighted by Crippen LogP contribution is -2.42. The van der Waals surface area contributed by atoms with Crippen LogP contribution in [0, 0.1) is 0 Å². The Labute approximate surface area is 178 Å². The molecule has 0 heterocycles. The number of aliphatic imine (C=N–C) groups is 1. The van der Waals surface area contributed by atoms with Gasteiger partial charge in [-0.15, -0.1) is 24.0 Å². The Bertz CT molecular complexity index is 885. The number of nitrogens with zero attached hydrogens (tertiary/aromatic N) is 1. The number of rotatable bonds is 7. The molecule has 2 aromatic rings. The molecule has 0 aliphatic heterocycles. The van der Waals surface area contributed by atoms with Gasteiger partial charge in [0.2, 0.25) is 0 Å². The van der Waals surface area contributed by atoms with E-state index >= 15 is 0 Å². The van der Waals surface area contributed by atoms with Crippen molar-refractivity contribution in [2.24, 2.45) is 4.99 Å². The van der Waals surface area contributed by atoms with Gasteiger partial charge < -0.3 is 15.4 Å². The van der Waals surface area contributed by atoms with Crippen LogP contribution in [0.15, 0.2) is 41.4 Å². The van der Waals surface area contributed by atoms with Crippen molar-refractivity contribution in [1.82, 2.24) is 10.6 Å². The van der Waals surface area contributed by atoms with Gasteiger partial charge in [-0.3, -0.25) is 4.99 Å². The quantitative estimate of drug-likeness (QED) is 0.344. The van der Waals surface area contributed by atoms with E-state index in [4.69, 9.17) is 4.74 Å². The highest BCUT2D eigenvalue weighted by Gasteiger charge is 2.09. The van der Waals surface area contributed by atoms with Crippen molar-refractivity contribution in [3.63, 3.8) is 0 Å². The molecule has 1 unspecified atom stereocenters. The standard InChI is InChI=1S/C19H27N3O3S.HI/c1-14(9-10-26(4,23)24)22-19(20-2)21-13-15-5-6-17-12-18(25-3)8-7-16(17)11-15;/h5-8,11-12,14H,9-10,13H2,1-4H3,(H2,20,21,22);1H. The monoisotopic (exact) mass is 505 g/mol. The molecular formula is C19H28IN3O3S. The van der Waals surface area contributed by atoms with Crippen molar-refractivity contribution in [3.8, 4) is 5.75 Å². The number of guanidine groups is 1. The van der Waals surface area contributed by atoms with Gasteiger partial charge in [0.15, 0.2) is 5.96 Å². The van der Waals surface area contributed by atoms with Crippen LogP contribution in [-0.4, -0.2) is 46.6 Å². The number of nitrogens with one attached hydrogen (secondary N) is 2. The lowest BCUT2D eigenvalue weighted by atomic mass is 10.1. The number of fused-ring (bicyclic) bond motifs is 1. The summed E-state index contributed by atoms with van der Waals surface area (Å²) in [4.78, 5) is 4.20. The average Bonchev–Trinajstić information content (AvgIpc) is 2.62. The summed E-state index contributed by atoms with van der Waals surface area (Å²) in [5, 5.41) is 8.76. The third-order valence-electron chi connectivity index (χ3n) is 4.10. The van der Waals surface area contributed by atoms with Gasteiger partial charge in [-0.05, 0) is 47.9 Å². The molecule has 2 aromatic carbocycles. The first-order valence-corrected chi connectivity index (χ1v) is 10.6. The predicted octanol–water partition coefficient (Wildman–Crippen LogP) is 2.95. The lowest BCUT2D eigenvalue weighted by Gasteiger charge is -2.17. The summed E-state index contributed by atoms with van der Waals surface area (Å²) in [6, 6.07) is 12.3. The average molecular weight is 505 g/mol. The second kappa shape index (κ2) is 10.7. The maximum absolute atomic E-state index is 11.3. The molecule has 0 aliphatic rings. The molecule has 27 heavy (non-hydrogen) atoms. The molecular weight excluding hydrogens is 477 g/mol. The molecule has 0 amide bonds. The Balaban J connectivity index is 0.00000364. The zero-order chi connectivity index (χ0) is 19.2. The van der Waals surface area contributed by atoms with Crippen molar-refractivity contribution < 1.29 is 13.2 Å². The van der Waals surface area contributed by atoms with Crippen LogP contribution < -0.4 is 15.4 Å². The molecule has 0 bridgehead atoms. The Morgan fingerprint density at radius 3 is 2.48 bits per heavy atom. The van der Waals surface area contributed by atoms with Gasteiger partial charge >= 0.3 is 0 Å². The Kier molecular flexibility index (Phi) is 9.31. The smallest absolute Gasteiger partial charge is 0.191 e. The van der Waals surface area contributed by atoms with Crippen LogP contribution in [0.3, 0.4) is 0 Å². The van der Waals surface area contributed by atoms with E-state index in [1.807, 2.05) is 25.1 Å². The summed E-state index contributed by atoms with van der Waals surface area (Å²) in [6.45, 7) is 2.57. The third-order valence-corrected chi connectivity index (χ3v) is 5.08. The maximum Gasteiger partial charge on any atom is 0.191 e. The molecule has 0 saturated heterocycles. The second-order valence-electron chi connectivity index (χ2n) is 6.44. The van der Waals surface area contributed by atoms with E-state index in [0.29, 0.717) is 18.9 Å². The van der Waals surface area contributed by atoms with Gasteiger partial charge in [0.05, 0.1) is 12.9 Å². The SMILES string of the molecule is CN=C(NCc1ccc2cc(OC)ccc2c1)NC(C)CCS(C)(=O)=O.I. The Hall–Kier alpha value is -1.55. The second-order valence-corrected chi connectivity index (χ2v) is 8.70. The highest BCUT2D eigenvalue weighted by molar-refractivity contribution is 14.0. The van der Waals surface area contributed by atoms with E-state index in [0.717, 1.165) is 22.1 Å². The molecule has 2 rings (SSSR count). The zero-order valence-corrected chi connectivity index (χ0v) is 19.3. The van der Waals surface area contributed by atoms with Crippen LogP contribution in [0.4, 0.5) is 0 Å². The molecule has 0 radical (unpaired) electrons. The van der Waals surface area contributed by atoms with Crippen molar-refractivity contribution in [1.29, 1.82) is 0 Å². The first-order chi connectivity index (χ1) is 12.3. The molecule has 0 saturated carbocycles. The van der Waals surface area contributed by atoms with E-state index < -0.39 is 9.84 Å². The molecule has 150 valence electrons. The van der Waals surface area contributed by atoms with Gasteiger partial charge in [0, 0.05) is 25.9 Å². The lowest BCUT2D eigenvalue weighted by molar-refractivity contribution is 0.415. The van der Waals surface area contributed by atoms with Gasteiger partial charge in [0.1, 0.15) is 15.6 Å². The van der Waals surface area contributed by atoms with E-state index in [-0.39, 0.29) is 35.8 Å². The summed E-state index contributed by atoms with van der Waals surface area (Å²) in [6.07, 6.45) is 1.79. The number of sulfone groups is 1. The molecule has 0 fully saturated rings. The summed E-state index contributed by atoms with van der Waals surface area (Å²) in [5.41, 5.74) is 1.13. The third kappa shape index (κ3) is 7.92. The predicted molar refractivity (Wildman–Crippen MR) is 123 cm³/mol. The van der Waals surface area contributed by atoms with Gasteiger partial charge in [0.25, 0.3) is 0 Å². The van der Waals surface area contributed by atoms with Crippen molar-refractivity contribution in [3.05, 3.63) is 42.0 Å². The number of ether oxygens (including phenoxy) is 1. The van der Waals surface area contributed by atoms with E-state index in [1.165, 1.54) is 6.26 Å². The summed E-state index contributed by atoms with van der Waals surface area (Å²) < 4.78 is 27.8. The van der Waals surface area contributed by atoms with Crippen LogP contribution in [-0.2, 0) is 16.4 Å². The molecule has 0 aromatic heterocycles. The zero-order valence-electron chi connectivity index (χ0n) is 16.2. The maximum atomic E-state index is 11.3. The van der Waals surface area contributed by atoms with Crippen LogP contribution in [0.1, 0.15) is 18.9 Å². The molecule has 1 atom stereocenters. The first kappa shape index (κ1) is 23.5. The number of hydrogen-bond donors (Lipinski definition) is 2. The van der Waals surface area contributed by atoms with E-state index in [9.17, 15) is 8.42 Å². The minimum absolute atomic E-state index is 0. The fourth-order valence-electron chi connectivity index (χ4n) is 2.59. The number of hydrogen-bond acceptors (Lipinski definition) is 4. The van der Waals surface area contributed by atoms with Crippen LogP contribution in [0.5, 0.6) is 5.75 Å². The Morgan fingerprint density at radius 1 is 1.19 bits per heavy atom. The largest absolute Gasteiger partial charge is 0.497 e. The highest BCUT2D eigenvalue weighted by atomic mass is 127. The van der Waals surface area contributed by atoms with Crippen LogP contribution in [0.25, 0.3) is 10.8 Å². The van der Waals surface area contributed by atoms with Gasteiger partial charge in [-0.2, -0.15) is 0 Å². The fraction of sp³-hybridized carbons (Fsp3) is 0.421. The number of halogens is 1. The van der Waals surface area contributed by atoms with Crippen molar-refractivity contribution in [2.45, 2.75) is 25.9 Å². The molecule has 8 heteroatoms. The number of benzene rings is 2. The van der Waals surface area contributed by atoms with Gasteiger partial charge in [-0.25, -0.2) is 8.42 Å². The normalized spacial score (nSPS) is 13.0. The summed E-state index contributed by atoms with van der Waals surface area (Å²) in [7, 11) is 0.409. The minimum Gasteiger partial charge on any atom is -0.497 e. The molecule has 0 aliphatic carbocycles. The van der Waals surface area contributed by atoms with E-state index in [2.05, 4.69) is 33.8 Å². The fourth-order valence-corrected chi connectivity index (χ4v) is 3.37. The van der Waals surface area contributed by atoms with Crippen molar-refractivity contribution >= 4 is 50.5 Å². The molecule has 6 nitrogen and oxygen atoms in total. The molecule has 2 N–H and O–H groups in total. The van der Waals surface area contributed by atoms with Crippen molar-refractivity contribution in [2.75, 3.05) is 26.2 Å². The first-order valence-electron chi connectivity index (χ1n) is 8.52. The minimum atomic E-state index is -2.95. The summed E-state index contributed by atoms with van der Waals surface area (Å²) >= 11 is 0. The highest BCUT2D eigenvalue weighted by Crippen LogP contribution is 2.21. The topological polar surface area (TPSA) is 79.8 Å². The van der Waals surface area contributed by atoms with Gasteiger partial charge in [-0.1, -0.05) is 18.2 Å². The molecule has 0 spiro atoms. The Morgan fingerprint density at radius 2 is 1.85 bits per heavy atom. The number of methoxy groups -OCH3 is 1. The van der Waals surface area contributed by atoms with Crippen LogP contribution >= 0.6 is 24.0 Å². The van der Waals surface area contributed by atoms with E-state index in [1.54, 1.807) is 14.2 Å². The summed E-state index contributed by atoms with van der Waals surface area (Å²) in [5.74, 6) is 1.66. The van der Waals surface area contributed by atoms with Crippen LogP contribution in [0.2, 0.25) is 0 Å².